The summed E-state index contributed by atoms with van der Waals surface area (Å²) in [5.74, 6) is 7.48. The first-order valence-electron chi connectivity index (χ1n) is 5.38. The Kier molecular flexibility index (Phi) is 4.78. The van der Waals surface area contributed by atoms with Gasteiger partial charge < -0.3 is 14.9 Å². The molecule has 0 bridgehead atoms. The highest BCUT2D eigenvalue weighted by atomic mass is 16.5. The van der Waals surface area contributed by atoms with Crippen LogP contribution < -0.4 is 20.7 Å². The van der Waals surface area contributed by atoms with E-state index in [-0.39, 0.29) is 6.04 Å². The zero-order valence-corrected chi connectivity index (χ0v) is 10.7. The maximum absolute atomic E-state index is 5.47. The van der Waals surface area contributed by atoms with Crippen molar-refractivity contribution < 1.29 is 9.47 Å². The van der Waals surface area contributed by atoms with E-state index in [1.54, 1.807) is 20.3 Å². The predicted molar refractivity (Wildman–Crippen MR) is 68.5 cm³/mol. The van der Waals surface area contributed by atoms with Crippen molar-refractivity contribution in [1.82, 2.24) is 5.43 Å². The van der Waals surface area contributed by atoms with Gasteiger partial charge in [0.1, 0.15) is 17.3 Å². The van der Waals surface area contributed by atoms with Gasteiger partial charge in [0.2, 0.25) is 0 Å². The van der Waals surface area contributed by atoms with E-state index in [1.807, 2.05) is 26.0 Å². The van der Waals surface area contributed by atoms with Crippen LogP contribution in [0, 0.1) is 0 Å². The van der Waals surface area contributed by atoms with Crippen LogP contribution in [-0.2, 0) is 0 Å². The molecule has 0 aliphatic heterocycles. The Bertz CT molecular complexity index is 380. The topological polar surface area (TPSA) is 68.9 Å². The second-order valence-corrected chi connectivity index (χ2v) is 3.82. The molecule has 0 amide bonds. The Morgan fingerprint density at radius 2 is 1.71 bits per heavy atom. The van der Waals surface area contributed by atoms with Gasteiger partial charge in [-0.3, -0.25) is 4.99 Å². The average Bonchev–Trinajstić information content (AvgIpc) is 2.34. The van der Waals surface area contributed by atoms with Gasteiger partial charge in [0, 0.05) is 17.7 Å². The van der Waals surface area contributed by atoms with E-state index in [1.165, 1.54) is 0 Å². The molecule has 0 aliphatic carbocycles. The molecule has 0 atom stereocenters. The molecule has 0 radical (unpaired) electrons. The van der Waals surface area contributed by atoms with Gasteiger partial charge in [0.05, 0.1) is 14.2 Å². The van der Waals surface area contributed by atoms with Crippen molar-refractivity contribution in [3.63, 3.8) is 0 Å². The SMILES string of the molecule is COc1cc(OC)cc(C(=NC(C)C)NN)c1. The summed E-state index contributed by atoms with van der Waals surface area (Å²) in [7, 11) is 3.21. The number of hydrogen-bond acceptors (Lipinski definition) is 4. The molecule has 0 saturated heterocycles. The number of hydrogen-bond donors (Lipinski definition) is 2. The van der Waals surface area contributed by atoms with Crippen molar-refractivity contribution in [2.24, 2.45) is 10.8 Å². The number of benzene rings is 1. The highest BCUT2D eigenvalue weighted by molar-refractivity contribution is 5.99. The molecule has 1 rings (SSSR count). The van der Waals surface area contributed by atoms with Crippen molar-refractivity contribution in [3.05, 3.63) is 23.8 Å². The molecular formula is C12H19N3O2. The molecule has 5 nitrogen and oxygen atoms in total. The molecule has 5 heteroatoms. The van der Waals surface area contributed by atoms with Crippen LogP contribution in [0.2, 0.25) is 0 Å². The minimum absolute atomic E-state index is 0.151. The lowest BCUT2D eigenvalue weighted by Gasteiger charge is -2.11. The molecular weight excluding hydrogens is 218 g/mol. The summed E-state index contributed by atoms with van der Waals surface area (Å²) in [6, 6.07) is 5.65. The lowest BCUT2D eigenvalue weighted by Crippen LogP contribution is -2.32. The Hall–Kier alpha value is -1.75. The molecule has 0 aromatic heterocycles. The normalized spacial score (nSPS) is 11.5. The number of rotatable bonds is 4. The molecule has 0 fully saturated rings. The zero-order chi connectivity index (χ0) is 12.8. The molecule has 1 aromatic carbocycles. The molecule has 0 spiro atoms. The number of nitrogens with two attached hydrogens (primary N) is 1. The van der Waals surface area contributed by atoms with Crippen molar-refractivity contribution in [2.45, 2.75) is 19.9 Å². The zero-order valence-electron chi connectivity index (χ0n) is 10.7. The van der Waals surface area contributed by atoms with Gasteiger partial charge in [-0.05, 0) is 26.0 Å². The van der Waals surface area contributed by atoms with Gasteiger partial charge in [0.15, 0.2) is 0 Å². The van der Waals surface area contributed by atoms with E-state index in [0.717, 1.165) is 5.56 Å². The fourth-order valence-electron chi connectivity index (χ4n) is 1.40. The number of hydrazine groups is 1. The standard InChI is InChI=1S/C12H19N3O2/c1-8(2)14-12(15-13)9-5-10(16-3)7-11(6-9)17-4/h5-8H,13H2,1-4H3,(H,14,15). The van der Waals surface area contributed by atoms with Crippen LogP contribution in [0.25, 0.3) is 0 Å². The van der Waals surface area contributed by atoms with E-state index in [9.17, 15) is 0 Å². The third-order valence-electron chi connectivity index (χ3n) is 2.15. The first kappa shape index (κ1) is 13.3. The first-order valence-corrected chi connectivity index (χ1v) is 5.38. The van der Waals surface area contributed by atoms with Crippen molar-refractivity contribution in [1.29, 1.82) is 0 Å². The minimum atomic E-state index is 0.151. The van der Waals surface area contributed by atoms with Gasteiger partial charge in [-0.15, -0.1) is 0 Å². The molecule has 1 aromatic rings. The largest absolute Gasteiger partial charge is 0.497 e. The quantitative estimate of drug-likeness (QED) is 0.359. The fraction of sp³-hybridized carbons (Fsp3) is 0.417. The summed E-state index contributed by atoms with van der Waals surface area (Å²) in [4.78, 5) is 4.39. The van der Waals surface area contributed by atoms with E-state index < -0.39 is 0 Å². The lowest BCUT2D eigenvalue weighted by atomic mass is 10.2. The fourth-order valence-corrected chi connectivity index (χ4v) is 1.40. The highest BCUT2D eigenvalue weighted by Crippen LogP contribution is 2.22. The Labute approximate surface area is 102 Å². The van der Waals surface area contributed by atoms with Crippen LogP contribution in [0.5, 0.6) is 11.5 Å². The van der Waals surface area contributed by atoms with Crippen molar-refractivity contribution >= 4 is 5.84 Å². The number of methoxy groups -OCH3 is 2. The Morgan fingerprint density at radius 3 is 2.06 bits per heavy atom. The number of aliphatic imine (C=N–C) groups is 1. The van der Waals surface area contributed by atoms with Crippen LogP contribution in [0.4, 0.5) is 0 Å². The maximum Gasteiger partial charge on any atom is 0.143 e. The van der Waals surface area contributed by atoms with E-state index in [4.69, 9.17) is 15.3 Å². The van der Waals surface area contributed by atoms with E-state index in [0.29, 0.717) is 17.3 Å². The van der Waals surface area contributed by atoms with Gasteiger partial charge in [-0.1, -0.05) is 0 Å². The summed E-state index contributed by atoms with van der Waals surface area (Å²) >= 11 is 0. The van der Waals surface area contributed by atoms with Crippen LogP contribution in [-0.4, -0.2) is 26.1 Å². The number of nitrogens with one attached hydrogen (secondary N) is 1. The Morgan fingerprint density at radius 1 is 1.18 bits per heavy atom. The van der Waals surface area contributed by atoms with Gasteiger partial charge >= 0.3 is 0 Å². The first-order chi connectivity index (χ1) is 8.10. The van der Waals surface area contributed by atoms with Gasteiger partial charge in [-0.25, -0.2) is 5.84 Å². The Balaban J connectivity index is 3.18. The van der Waals surface area contributed by atoms with Crippen LogP contribution in [0.15, 0.2) is 23.2 Å². The maximum atomic E-state index is 5.47. The van der Waals surface area contributed by atoms with Crippen LogP contribution in [0.3, 0.4) is 0 Å². The summed E-state index contributed by atoms with van der Waals surface area (Å²) in [6.45, 7) is 3.96. The minimum Gasteiger partial charge on any atom is -0.497 e. The van der Waals surface area contributed by atoms with Crippen molar-refractivity contribution in [3.8, 4) is 11.5 Å². The third kappa shape index (κ3) is 3.64. The summed E-state index contributed by atoms with van der Waals surface area (Å²) in [6.07, 6.45) is 0. The average molecular weight is 237 g/mol. The summed E-state index contributed by atoms with van der Waals surface area (Å²) in [5, 5.41) is 0. The summed E-state index contributed by atoms with van der Waals surface area (Å²) in [5.41, 5.74) is 3.42. The van der Waals surface area contributed by atoms with Gasteiger partial charge in [-0.2, -0.15) is 0 Å². The predicted octanol–water partition coefficient (Wildman–Crippen LogP) is 1.32. The monoisotopic (exact) mass is 237 g/mol. The lowest BCUT2D eigenvalue weighted by molar-refractivity contribution is 0.394. The molecule has 17 heavy (non-hydrogen) atoms. The molecule has 0 aliphatic rings. The molecule has 0 heterocycles. The number of nitrogens with zero attached hydrogens (tertiary/aromatic N) is 1. The number of ether oxygens (including phenoxy) is 2. The van der Waals surface area contributed by atoms with E-state index >= 15 is 0 Å². The molecule has 94 valence electrons. The molecule has 0 unspecified atom stereocenters. The third-order valence-corrected chi connectivity index (χ3v) is 2.15. The van der Waals surface area contributed by atoms with Gasteiger partial charge in [0.25, 0.3) is 0 Å². The molecule has 3 N–H and O–H groups in total. The van der Waals surface area contributed by atoms with Crippen molar-refractivity contribution in [2.75, 3.05) is 14.2 Å². The summed E-state index contributed by atoms with van der Waals surface area (Å²) < 4.78 is 10.4. The van der Waals surface area contributed by atoms with Crippen LogP contribution >= 0.6 is 0 Å². The highest BCUT2D eigenvalue weighted by Gasteiger charge is 2.07. The second kappa shape index (κ2) is 6.10. The van der Waals surface area contributed by atoms with Crippen LogP contribution in [0.1, 0.15) is 19.4 Å². The molecule has 0 saturated carbocycles. The smallest absolute Gasteiger partial charge is 0.143 e. The number of amidine groups is 1. The second-order valence-electron chi connectivity index (χ2n) is 3.82. The van der Waals surface area contributed by atoms with E-state index in [2.05, 4.69) is 10.4 Å².